The summed E-state index contributed by atoms with van der Waals surface area (Å²) in [4.78, 5) is 21.7. The molecule has 0 heterocycles. The summed E-state index contributed by atoms with van der Waals surface area (Å²) < 4.78 is 0. The van der Waals surface area contributed by atoms with Gasteiger partial charge in [-0.25, -0.2) is 0 Å². The Hall–Kier alpha value is -0.930. The van der Waals surface area contributed by atoms with Crippen LogP contribution in [0.25, 0.3) is 0 Å². The molecule has 0 N–H and O–H groups in total. The van der Waals surface area contributed by atoms with Crippen LogP contribution in [0.3, 0.4) is 0 Å². The van der Waals surface area contributed by atoms with Gasteiger partial charge in [-0.1, -0.05) is 6.42 Å². The van der Waals surface area contributed by atoms with Crippen LogP contribution in [0.1, 0.15) is 51.9 Å². The van der Waals surface area contributed by atoms with Crippen LogP contribution in [-0.4, -0.2) is 16.2 Å². The maximum Gasteiger partial charge on any atom is 0.222 e. The first-order valence-corrected chi connectivity index (χ1v) is 5.21. The number of hydrogen-bond donors (Lipinski definition) is 0. The molecular formula is C10H17NO3. The molecule has 0 amide bonds. The Morgan fingerprint density at radius 1 is 1.36 bits per heavy atom. The Morgan fingerprint density at radius 3 is 2.36 bits per heavy atom. The highest BCUT2D eigenvalue weighted by atomic mass is 16.6. The van der Waals surface area contributed by atoms with Gasteiger partial charge in [0.15, 0.2) is 0 Å². The largest absolute Gasteiger partial charge is 0.300 e. The molecule has 0 radical (unpaired) electrons. The van der Waals surface area contributed by atoms with E-state index in [4.69, 9.17) is 0 Å². The maximum atomic E-state index is 11.0. The van der Waals surface area contributed by atoms with Crippen LogP contribution >= 0.6 is 0 Å². The number of nitrogens with zero attached hydrogens (tertiary/aromatic N) is 1. The number of carbonyl (C=O) groups excluding carboxylic acids is 1. The number of nitro groups is 1. The Kier molecular flexibility index (Phi) is 3.61. The minimum atomic E-state index is -0.788. The van der Waals surface area contributed by atoms with Gasteiger partial charge in [-0.2, -0.15) is 0 Å². The van der Waals surface area contributed by atoms with Crippen LogP contribution < -0.4 is 0 Å². The van der Waals surface area contributed by atoms with Gasteiger partial charge in [-0.3, -0.25) is 10.1 Å². The molecule has 4 heteroatoms. The lowest BCUT2D eigenvalue weighted by Crippen LogP contribution is -2.40. The quantitative estimate of drug-likeness (QED) is 0.515. The molecule has 4 nitrogen and oxygen atoms in total. The van der Waals surface area contributed by atoms with Crippen molar-refractivity contribution >= 4 is 5.78 Å². The van der Waals surface area contributed by atoms with Crippen molar-refractivity contribution in [1.29, 1.82) is 0 Å². The lowest BCUT2D eigenvalue weighted by Gasteiger charge is -2.28. The smallest absolute Gasteiger partial charge is 0.222 e. The fourth-order valence-corrected chi connectivity index (χ4v) is 2.14. The molecule has 0 aliphatic heterocycles. The first kappa shape index (κ1) is 11.1. The third-order valence-electron chi connectivity index (χ3n) is 3.11. The molecule has 1 fully saturated rings. The number of Topliss-reactive ketones (excluding diaryl/α,β-unsaturated/α-hetero) is 1. The summed E-state index contributed by atoms with van der Waals surface area (Å²) >= 11 is 0. The minimum Gasteiger partial charge on any atom is -0.300 e. The van der Waals surface area contributed by atoms with E-state index >= 15 is 0 Å². The molecule has 0 aromatic carbocycles. The van der Waals surface area contributed by atoms with E-state index in [0.29, 0.717) is 25.7 Å². The second kappa shape index (κ2) is 4.53. The van der Waals surface area contributed by atoms with E-state index < -0.39 is 5.54 Å². The van der Waals surface area contributed by atoms with Gasteiger partial charge >= 0.3 is 0 Å². The zero-order valence-corrected chi connectivity index (χ0v) is 8.62. The Bertz CT molecular complexity index is 232. The van der Waals surface area contributed by atoms with E-state index in [2.05, 4.69) is 0 Å². The third-order valence-corrected chi connectivity index (χ3v) is 3.11. The van der Waals surface area contributed by atoms with Gasteiger partial charge in [0.2, 0.25) is 5.54 Å². The standard InChI is InChI=1S/C10H17NO3/c1-9(12)5-8-10(11(13)14)6-3-2-4-7-10/h2-8H2,1H3. The van der Waals surface area contributed by atoms with Gasteiger partial charge < -0.3 is 4.79 Å². The molecule has 0 atom stereocenters. The molecule has 1 rings (SSSR count). The van der Waals surface area contributed by atoms with Crippen molar-refractivity contribution in [3.05, 3.63) is 10.1 Å². The molecule has 0 saturated heterocycles. The minimum absolute atomic E-state index is 0.0526. The summed E-state index contributed by atoms with van der Waals surface area (Å²) in [6.07, 6.45) is 5.02. The lowest BCUT2D eigenvalue weighted by atomic mass is 9.79. The Labute approximate surface area is 83.8 Å². The van der Waals surface area contributed by atoms with E-state index in [0.717, 1.165) is 19.3 Å². The number of hydrogen-bond acceptors (Lipinski definition) is 3. The fraction of sp³-hybridized carbons (Fsp3) is 0.900. The second-order valence-corrected chi connectivity index (χ2v) is 4.24. The predicted molar refractivity (Wildman–Crippen MR) is 52.7 cm³/mol. The van der Waals surface area contributed by atoms with Crippen molar-refractivity contribution in [3.8, 4) is 0 Å². The van der Waals surface area contributed by atoms with Crippen molar-refractivity contribution in [3.63, 3.8) is 0 Å². The zero-order valence-electron chi connectivity index (χ0n) is 8.62. The van der Waals surface area contributed by atoms with E-state index in [1.54, 1.807) is 0 Å². The fourth-order valence-electron chi connectivity index (χ4n) is 2.14. The highest BCUT2D eigenvalue weighted by Gasteiger charge is 2.43. The van der Waals surface area contributed by atoms with Crippen molar-refractivity contribution in [2.45, 2.75) is 57.4 Å². The summed E-state index contributed by atoms with van der Waals surface area (Å²) in [6, 6.07) is 0. The van der Waals surface area contributed by atoms with Crippen LogP contribution in [-0.2, 0) is 4.79 Å². The molecule has 0 unspecified atom stereocenters. The molecule has 1 saturated carbocycles. The molecular weight excluding hydrogens is 182 g/mol. The van der Waals surface area contributed by atoms with Crippen molar-refractivity contribution in [2.24, 2.45) is 0 Å². The van der Waals surface area contributed by atoms with Crippen molar-refractivity contribution in [2.75, 3.05) is 0 Å². The molecule has 0 aromatic heterocycles. The van der Waals surface area contributed by atoms with Crippen LogP contribution in [0.4, 0.5) is 0 Å². The SMILES string of the molecule is CC(=O)CCC1([N+](=O)[O-])CCCCC1. The first-order chi connectivity index (χ1) is 6.57. The van der Waals surface area contributed by atoms with E-state index in [1.165, 1.54) is 6.92 Å². The lowest BCUT2D eigenvalue weighted by molar-refractivity contribution is -0.576. The summed E-state index contributed by atoms with van der Waals surface area (Å²) in [6.45, 7) is 1.50. The number of rotatable bonds is 4. The van der Waals surface area contributed by atoms with Crippen molar-refractivity contribution in [1.82, 2.24) is 0 Å². The summed E-state index contributed by atoms with van der Waals surface area (Å²) in [7, 11) is 0. The van der Waals surface area contributed by atoms with Gasteiger partial charge in [0, 0.05) is 30.6 Å². The average Bonchev–Trinajstić information content (AvgIpc) is 2.16. The van der Waals surface area contributed by atoms with Crippen LogP contribution in [0.5, 0.6) is 0 Å². The predicted octanol–water partition coefficient (Wildman–Crippen LogP) is 2.34. The molecule has 80 valence electrons. The van der Waals surface area contributed by atoms with Gasteiger partial charge in [-0.15, -0.1) is 0 Å². The summed E-state index contributed by atoms with van der Waals surface area (Å²) in [5, 5.41) is 11.0. The van der Waals surface area contributed by atoms with Gasteiger partial charge in [0.25, 0.3) is 0 Å². The Balaban J connectivity index is 2.60. The number of ketones is 1. The highest BCUT2D eigenvalue weighted by molar-refractivity contribution is 5.75. The van der Waals surface area contributed by atoms with Crippen LogP contribution in [0.2, 0.25) is 0 Å². The average molecular weight is 199 g/mol. The van der Waals surface area contributed by atoms with Crippen LogP contribution in [0.15, 0.2) is 0 Å². The topological polar surface area (TPSA) is 60.2 Å². The third kappa shape index (κ3) is 2.53. The molecule has 0 bridgehead atoms. The molecule has 0 aromatic rings. The normalized spacial score (nSPS) is 20.4. The summed E-state index contributed by atoms with van der Waals surface area (Å²) in [5.74, 6) is 0.0526. The van der Waals surface area contributed by atoms with E-state index in [-0.39, 0.29) is 10.7 Å². The molecule has 14 heavy (non-hydrogen) atoms. The monoisotopic (exact) mass is 199 g/mol. The van der Waals surface area contributed by atoms with Crippen LogP contribution in [0, 0.1) is 10.1 Å². The molecule has 1 aliphatic rings. The zero-order chi connectivity index (χ0) is 10.6. The van der Waals surface area contributed by atoms with Gasteiger partial charge in [0.1, 0.15) is 5.78 Å². The Morgan fingerprint density at radius 2 is 1.93 bits per heavy atom. The van der Waals surface area contributed by atoms with Crippen molar-refractivity contribution < 1.29 is 9.72 Å². The maximum absolute atomic E-state index is 11.0. The second-order valence-electron chi connectivity index (χ2n) is 4.24. The molecule has 1 aliphatic carbocycles. The molecule has 0 spiro atoms. The van der Waals surface area contributed by atoms with E-state index in [9.17, 15) is 14.9 Å². The summed E-state index contributed by atoms with van der Waals surface area (Å²) in [5.41, 5.74) is -0.788. The first-order valence-electron chi connectivity index (χ1n) is 5.21. The number of carbonyl (C=O) groups is 1. The highest BCUT2D eigenvalue weighted by Crippen LogP contribution is 2.34. The van der Waals surface area contributed by atoms with Gasteiger partial charge in [-0.05, 0) is 19.8 Å². The van der Waals surface area contributed by atoms with E-state index in [1.807, 2.05) is 0 Å². The van der Waals surface area contributed by atoms with Gasteiger partial charge in [0.05, 0.1) is 0 Å².